The van der Waals surface area contributed by atoms with E-state index in [1.165, 1.54) is 42.6 Å². The second-order valence-electron chi connectivity index (χ2n) is 9.12. The third-order valence-corrected chi connectivity index (χ3v) is 6.60. The Morgan fingerprint density at radius 2 is 1.75 bits per heavy atom. The van der Waals surface area contributed by atoms with E-state index in [4.69, 9.17) is 10.1 Å². The van der Waals surface area contributed by atoms with E-state index in [1.807, 2.05) is 25.2 Å². The molecule has 3 aromatic rings. The molecule has 1 aliphatic heterocycles. The molecule has 7 heteroatoms. The molecule has 1 aliphatic rings. The van der Waals surface area contributed by atoms with E-state index in [0.29, 0.717) is 6.04 Å². The third kappa shape index (κ3) is 4.05. The van der Waals surface area contributed by atoms with Gasteiger partial charge in [0.15, 0.2) is 5.65 Å². The molecule has 0 amide bonds. The monoisotopic (exact) mass is 456 g/mol. The summed E-state index contributed by atoms with van der Waals surface area (Å²) in [7, 11) is 4.04. The molecule has 0 unspecified atom stereocenters. The summed E-state index contributed by atoms with van der Waals surface area (Å²) in [5.41, 5.74) is 7.88. The van der Waals surface area contributed by atoms with Crippen LogP contribution in [0.5, 0.6) is 0 Å². The van der Waals surface area contributed by atoms with Gasteiger partial charge in [-0.3, -0.25) is 0 Å². The van der Waals surface area contributed by atoms with Gasteiger partial charge < -0.3 is 9.80 Å². The van der Waals surface area contributed by atoms with Gasteiger partial charge in [-0.05, 0) is 51.7 Å². The van der Waals surface area contributed by atoms with Crippen LogP contribution in [0, 0.1) is 20.8 Å². The van der Waals surface area contributed by atoms with Crippen molar-refractivity contribution in [1.82, 2.24) is 19.6 Å². The molecule has 0 fully saturated rings. The largest absolute Gasteiger partial charge is 0.363 e. The van der Waals surface area contributed by atoms with Crippen LogP contribution >= 0.6 is 12.4 Å². The molecule has 4 heterocycles. The van der Waals surface area contributed by atoms with Crippen LogP contribution in [0.25, 0.3) is 16.8 Å². The molecule has 0 saturated carbocycles. The zero-order valence-corrected chi connectivity index (χ0v) is 21.4. The maximum absolute atomic E-state index is 5.06. The zero-order chi connectivity index (χ0) is 22.3. The highest BCUT2D eigenvalue weighted by atomic mass is 35.5. The van der Waals surface area contributed by atoms with Crippen molar-refractivity contribution in [1.29, 1.82) is 0 Å². The molecule has 3 aromatic heterocycles. The highest BCUT2D eigenvalue weighted by Gasteiger charge is 2.31. The van der Waals surface area contributed by atoms with E-state index in [1.54, 1.807) is 0 Å². The quantitative estimate of drug-likeness (QED) is 0.467. The minimum absolute atomic E-state index is 0. The Labute approximate surface area is 198 Å². The number of nitrogens with zero attached hydrogens (tertiary/aromatic N) is 6. The first-order valence-electron chi connectivity index (χ1n) is 11.7. The molecule has 4 rings (SSSR count). The molecule has 0 aromatic carbocycles. The fraction of sp³-hybridized carbons (Fsp3) is 0.560. The fourth-order valence-corrected chi connectivity index (χ4v) is 5.05. The van der Waals surface area contributed by atoms with Crippen LogP contribution in [0.1, 0.15) is 62.0 Å². The Morgan fingerprint density at radius 1 is 1.06 bits per heavy atom. The van der Waals surface area contributed by atoms with E-state index in [0.717, 1.165) is 46.9 Å². The lowest BCUT2D eigenvalue weighted by atomic mass is 10.0. The highest BCUT2D eigenvalue weighted by Crippen LogP contribution is 2.38. The predicted molar refractivity (Wildman–Crippen MR) is 137 cm³/mol. The number of halogens is 1. The molecular weight excluding hydrogens is 420 g/mol. The van der Waals surface area contributed by atoms with Gasteiger partial charge >= 0.3 is 0 Å². The van der Waals surface area contributed by atoms with Crippen molar-refractivity contribution in [2.45, 2.75) is 72.8 Å². The molecule has 0 saturated heterocycles. The minimum Gasteiger partial charge on any atom is -0.363 e. The third-order valence-electron chi connectivity index (χ3n) is 6.60. The number of aromatic nitrogens is 4. The first-order chi connectivity index (χ1) is 14.9. The summed E-state index contributed by atoms with van der Waals surface area (Å²) in [6.07, 6.45) is 7.89. The summed E-state index contributed by atoms with van der Waals surface area (Å²) in [4.78, 5) is 14.4. The number of anilines is 2. The molecule has 0 radical (unpaired) electrons. The van der Waals surface area contributed by atoms with E-state index in [2.05, 4.69) is 55.1 Å². The van der Waals surface area contributed by atoms with E-state index < -0.39 is 0 Å². The summed E-state index contributed by atoms with van der Waals surface area (Å²) in [5.74, 6) is 2.23. The van der Waals surface area contributed by atoms with Gasteiger partial charge in [-0.25, -0.2) is 9.97 Å². The Morgan fingerprint density at radius 3 is 2.34 bits per heavy atom. The van der Waals surface area contributed by atoms with Gasteiger partial charge in [-0.1, -0.05) is 26.7 Å². The van der Waals surface area contributed by atoms with Crippen LogP contribution in [0.3, 0.4) is 0 Å². The highest BCUT2D eigenvalue weighted by molar-refractivity contribution is 5.85. The Bertz CT molecular complexity index is 1100. The van der Waals surface area contributed by atoms with E-state index in [9.17, 15) is 0 Å². The first-order valence-corrected chi connectivity index (χ1v) is 11.7. The van der Waals surface area contributed by atoms with Crippen molar-refractivity contribution in [3.05, 3.63) is 34.8 Å². The SMILES string of the molecule is CCCC(CCC)N1CCc2c(C)nc3c(-c4cnc(N(C)C)cc4C)c(C)nn3c21.Cl. The van der Waals surface area contributed by atoms with Crippen molar-refractivity contribution >= 4 is 29.7 Å². The van der Waals surface area contributed by atoms with Crippen molar-refractivity contribution in [2.75, 3.05) is 30.4 Å². The molecular formula is C25H37ClN6. The number of aryl methyl sites for hydroxylation is 3. The standard InChI is InChI=1S/C25H36N6.ClH/c1-8-10-19(11-9-2)30-13-12-20-17(4)27-24-23(18(5)28-31(24)25(20)30)21-15-26-22(29(6)7)14-16(21)3;/h14-15,19H,8-13H2,1-7H3;1H. The number of hydrogen-bond donors (Lipinski definition) is 0. The maximum Gasteiger partial charge on any atom is 0.165 e. The average molecular weight is 457 g/mol. The zero-order valence-electron chi connectivity index (χ0n) is 20.6. The number of hydrogen-bond acceptors (Lipinski definition) is 5. The smallest absolute Gasteiger partial charge is 0.165 e. The molecule has 0 aliphatic carbocycles. The Kier molecular flexibility index (Phi) is 7.33. The molecule has 6 nitrogen and oxygen atoms in total. The number of pyridine rings is 1. The first kappa shape index (κ1) is 24.3. The summed E-state index contributed by atoms with van der Waals surface area (Å²) in [6.45, 7) is 12.0. The van der Waals surface area contributed by atoms with E-state index in [-0.39, 0.29) is 12.4 Å². The second-order valence-corrected chi connectivity index (χ2v) is 9.12. The normalized spacial score (nSPS) is 13.1. The van der Waals surface area contributed by atoms with Crippen LogP contribution in [-0.4, -0.2) is 46.3 Å². The van der Waals surface area contributed by atoms with Gasteiger partial charge in [-0.15, -0.1) is 12.4 Å². The molecule has 0 spiro atoms. The van der Waals surface area contributed by atoms with Crippen LogP contribution < -0.4 is 9.80 Å². The summed E-state index contributed by atoms with van der Waals surface area (Å²) < 4.78 is 2.12. The van der Waals surface area contributed by atoms with Gasteiger partial charge in [0.2, 0.25) is 0 Å². The van der Waals surface area contributed by atoms with Gasteiger partial charge in [0.05, 0.1) is 11.3 Å². The summed E-state index contributed by atoms with van der Waals surface area (Å²) >= 11 is 0. The van der Waals surface area contributed by atoms with Gasteiger partial charge in [-0.2, -0.15) is 9.61 Å². The second kappa shape index (κ2) is 9.65. The molecule has 0 bridgehead atoms. The lowest BCUT2D eigenvalue weighted by molar-refractivity contribution is 0.508. The van der Waals surface area contributed by atoms with Gasteiger partial charge in [0.25, 0.3) is 0 Å². The summed E-state index contributed by atoms with van der Waals surface area (Å²) in [5, 5.41) is 5.03. The topological polar surface area (TPSA) is 49.6 Å². The minimum atomic E-state index is 0. The molecule has 0 N–H and O–H groups in total. The predicted octanol–water partition coefficient (Wildman–Crippen LogP) is 5.54. The van der Waals surface area contributed by atoms with E-state index >= 15 is 0 Å². The average Bonchev–Trinajstić information content (AvgIpc) is 3.30. The number of fused-ring (bicyclic) bond motifs is 3. The number of rotatable bonds is 7. The van der Waals surface area contributed by atoms with Crippen molar-refractivity contribution in [2.24, 2.45) is 0 Å². The lowest BCUT2D eigenvalue weighted by Crippen LogP contribution is -2.35. The Balaban J connectivity index is 0.00000289. The van der Waals surface area contributed by atoms with Gasteiger partial charge in [0.1, 0.15) is 11.6 Å². The molecule has 32 heavy (non-hydrogen) atoms. The molecule has 0 atom stereocenters. The van der Waals surface area contributed by atoms with Crippen LogP contribution in [0.4, 0.5) is 11.6 Å². The van der Waals surface area contributed by atoms with Crippen LogP contribution in [0.15, 0.2) is 12.3 Å². The Hall–Kier alpha value is -2.34. The van der Waals surface area contributed by atoms with Crippen LogP contribution in [0.2, 0.25) is 0 Å². The van der Waals surface area contributed by atoms with Crippen molar-refractivity contribution < 1.29 is 0 Å². The maximum atomic E-state index is 5.06. The van der Waals surface area contributed by atoms with Gasteiger partial charge in [0, 0.05) is 49.7 Å². The lowest BCUT2D eigenvalue weighted by Gasteiger charge is -2.30. The van der Waals surface area contributed by atoms with Crippen LogP contribution in [-0.2, 0) is 6.42 Å². The summed E-state index contributed by atoms with van der Waals surface area (Å²) in [6, 6.07) is 2.71. The fourth-order valence-electron chi connectivity index (χ4n) is 5.05. The van der Waals surface area contributed by atoms with Crippen molar-refractivity contribution in [3.63, 3.8) is 0 Å². The van der Waals surface area contributed by atoms with Crippen molar-refractivity contribution in [3.8, 4) is 11.1 Å². The molecule has 174 valence electrons.